The van der Waals surface area contributed by atoms with E-state index >= 15 is 0 Å². The van der Waals surface area contributed by atoms with Crippen molar-refractivity contribution < 1.29 is 13.9 Å². The second-order valence-electron chi connectivity index (χ2n) is 2.65. The van der Waals surface area contributed by atoms with Crippen molar-refractivity contribution in [3.05, 3.63) is 28.8 Å². The Labute approximate surface area is 86.6 Å². The van der Waals surface area contributed by atoms with Crippen LogP contribution in [-0.2, 0) is 0 Å². The number of Topliss-reactive ketones (excluding diaryl/α,β-unsaturated/α-hetero) is 1. The maximum Gasteiger partial charge on any atom is 0.228 e. The molecule has 0 aliphatic rings. The van der Waals surface area contributed by atoms with Crippen LogP contribution in [0.3, 0.4) is 0 Å². The van der Waals surface area contributed by atoms with E-state index in [0.29, 0.717) is 12.0 Å². The third kappa shape index (κ3) is 2.23. The van der Waals surface area contributed by atoms with Crippen LogP contribution in [0.5, 0.6) is 5.75 Å². The van der Waals surface area contributed by atoms with Crippen LogP contribution >= 0.6 is 11.6 Å². The highest BCUT2D eigenvalue weighted by Gasteiger charge is 2.13. The Morgan fingerprint density at radius 3 is 2.86 bits per heavy atom. The van der Waals surface area contributed by atoms with Crippen molar-refractivity contribution in [1.29, 1.82) is 0 Å². The van der Waals surface area contributed by atoms with E-state index in [-0.39, 0.29) is 16.6 Å². The van der Waals surface area contributed by atoms with Crippen LogP contribution < -0.4 is 4.74 Å². The third-order valence-corrected chi connectivity index (χ3v) is 2.09. The Morgan fingerprint density at radius 2 is 2.29 bits per heavy atom. The van der Waals surface area contributed by atoms with Crippen molar-refractivity contribution in [3.8, 4) is 5.75 Å². The van der Waals surface area contributed by atoms with Gasteiger partial charge in [-0.1, -0.05) is 24.6 Å². The minimum absolute atomic E-state index is 0.115. The Bertz CT molecular complexity index is 339. The molecule has 1 rings (SSSR count). The smallest absolute Gasteiger partial charge is 0.228 e. The highest BCUT2D eigenvalue weighted by atomic mass is 35.5. The number of ketones is 1. The van der Waals surface area contributed by atoms with Gasteiger partial charge in [0.05, 0.1) is 10.6 Å². The zero-order chi connectivity index (χ0) is 10.6. The summed E-state index contributed by atoms with van der Waals surface area (Å²) in [6.45, 7) is 0.732. The van der Waals surface area contributed by atoms with Crippen molar-refractivity contribution in [3.63, 3.8) is 0 Å². The third-order valence-electron chi connectivity index (χ3n) is 1.79. The molecule has 0 amide bonds. The van der Waals surface area contributed by atoms with Gasteiger partial charge in [-0.05, 0) is 12.1 Å². The van der Waals surface area contributed by atoms with Crippen LogP contribution in [0.2, 0.25) is 5.02 Å². The van der Waals surface area contributed by atoms with E-state index in [0.717, 1.165) is 0 Å². The van der Waals surface area contributed by atoms with Gasteiger partial charge in [-0.2, -0.15) is 0 Å². The van der Waals surface area contributed by atoms with Gasteiger partial charge in [0, 0.05) is 6.42 Å². The standard InChI is InChI=1S/C10H10ClFO2/c1-2-9(13)7-4-3-5-8(11)10(7)14-6-12/h3-5H,2,6H2,1H3. The molecule has 0 heterocycles. The summed E-state index contributed by atoms with van der Waals surface area (Å²) in [6.07, 6.45) is 0.336. The summed E-state index contributed by atoms with van der Waals surface area (Å²) < 4.78 is 16.7. The molecule has 0 fully saturated rings. The minimum atomic E-state index is -0.992. The van der Waals surface area contributed by atoms with Crippen LogP contribution in [0.1, 0.15) is 23.7 Å². The molecule has 4 heteroatoms. The molecule has 1 aromatic rings. The topological polar surface area (TPSA) is 26.3 Å². The fraction of sp³-hybridized carbons (Fsp3) is 0.300. The second-order valence-corrected chi connectivity index (χ2v) is 3.05. The normalized spacial score (nSPS) is 9.93. The molecule has 0 N–H and O–H groups in total. The number of halogens is 2. The average molecular weight is 217 g/mol. The fourth-order valence-electron chi connectivity index (χ4n) is 1.12. The lowest BCUT2D eigenvalue weighted by Crippen LogP contribution is -2.02. The van der Waals surface area contributed by atoms with Gasteiger partial charge in [0.1, 0.15) is 0 Å². The predicted molar refractivity (Wildman–Crippen MR) is 52.7 cm³/mol. The Balaban J connectivity index is 3.13. The number of ether oxygens (including phenoxy) is 1. The molecule has 0 radical (unpaired) electrons. The molecule has 0 saturated carbocycles. The van der Waals surface area contributed by atoms with Crippen molar-refractivity contribution in [1.82, 2.24) is 0 Å². The number of hydrogen-bond donors (Lipinski definition) is 0. The van der Waals surface area contributed by atoms with E-state index in [1.165, 1.54) is 0 Å². The quantitative estimate of drug-likeness (QED) is 0.723. The van der Waals surface area contributed by atoms with Gasteiger partial charge < -0.3 is 4.74 Å². The number of rotatable bonds is 4. The highest BCUT2D eigenvalue weighted by Crippen LogP contribution is 2.29. The number of hydrogen-bond acceptors (Lipinski definition) is 2. The van der Waals surface area contributed by atoms with Crippen LogP contribution in [-0.4, -0.2) is 12.6 Å². The summed E-state index contributed by atoms with van der Waals surface area (Å²) in [7, 11) is 0. The van der Waals surface area contributed by atoms with E-state index in [1.54, 1.807) is 25.1 Å². The lowest BCUT2D eigenvalue weighted by Gasteiger charge is -2.08. The fourth-order valence-corrected chi connectivity index (χ4v) is 1.35. The highest BCUT2D eigenvalue weighted by molar-refractivity contribution is 6.32. The molecule has 0 saturated heterocycles. The number of alkyl halides is 1. The zero-order valence-electron chi connectivity index (χ0n) is 7.72. The first kappa shape index (κ1) is 11.0. The van der Waals surface area contributed by atoms with Gasteiger partial charge in [0.25, 0.3) is 0 Å². The Morgan fingerprint density at radius 1 is 1.57 bits per heavy atom. The van der Waals surface area contributed by atoms with E-state index in [2.05, 4.69) is 4.74 Å². The van der Waals surface area contributed by atoms with Gasteiger partial charge in [0.2, 0.25) is 6.86 Å². The van der Waals surface area contributed by atoms with Crippen LogP contribution in [0, 0.1) is 0 Å². The van der Waals surface area contributed by atoms with Crippen LogP contribution in [0.4, 0.5) is 4.39 Å². The first-order chi connectivity index (χ1) is 6.70. The lowest BCUT2D eigenvalue weighted by molar-refractivity contribution is 0.0981. The molecule has 2 nitrogen and oxygen atoms in total. The van der Waals surface area contributed by atoms with E-state index in [1.807, 2.05) is 0 Å². The summed E-state index contributed by atoms with van der Waals surface area (Å²) >= 11 is 5.77. The number of benzene rings is 1. The minimum Gasteiger partial charge on any atom is -0.461 e. The first-order valence-corrected chi connectivity index (χ1v) is 4.59. The molecule has 0 spiro atoms. The van der Waals surface area contributed by atoms with Gasteiger partial charge in [0.15, 0.2) is 11.5 Å². The van der Waals surface area contributed by atoms with Crippen molar-refractivity contribution in [2.75, 3.05) is 6.86 Å². The summed E-state index contributed by atoms with van der Waals surface area (Å²) in [5.41, 5.74) is 0.331. The monoisotopic (exact) mass is 216 g/mol. The Kier molecular flexibility index (Phi) is 3.89. The zero-order valence-corrected chi connectivity index (χ0v) is 8.47. The summed E-state index contributed by atoms with van der Waals surface area (Å²) in [6, 6.07) is 4.76. The summed E-state index contributed by atoms with van der Waals surface area (Å²) in [5, 5.41) is 0.252. The van der Waals surface area contributed by atoms with Crippen molar-refractivity contribution >= 4 is 17.4 Å². The molecule has 0 aromatic heterocycles. The number of carbonyl (C=O) groups excluding carboxylic acids is 1. The molecular formula is C10H10ClFO2. The summed E-state index contributed by atoms with van der Waals surface area (Å²) in [5.74, 6) is 0.0134. The number of para-hydroxylation sites is 1. The van der Waals surface area contributed by atoms with Crippen LogP contribution in [0.25, 0.3) is 0 Å². The molecule has 14 heavy (non-hydrogen) atoms. The number of carbonyl (C=O) groups is 1. The molecule has 0 atom stereocenters. The molecule has 0 aliphatic carbocycles. The van der Waals surface area contributed by atoms with E-state index < -0.39 is 6.86 Å². The van der Waals surface area contributed by atoms with Gasteiger partial charge in [-0.15, -0.1) is 0 Å². The maximum absolute atomic E-state index is 12.0. The Hall–Kier alpha value is -1.09. The molecule has 76 valence electrons. The average Bonchev–Trinajstić information content (AvgIpc) is 2.20. The van der Waals surface area contributed by atoms with Gasteiger partial charge in [-0.25, -0.2) is 4.39 Å². The molecule has 1 aromatic carbocycles. The summed E-state index contributed by atoms with van der Waals surface area (Å²) in [4.78, 5) is 11.4. The molecular weight excluding hydrogens is 207 g/mol. The lowest BCUT2D eigenvalue weighted by atomic mass is 10.1. The molecule has 0 unspecified atom stereocenters. The van der Waals surface area contributed by atoms with E-state index in [9.17, 15) is 9.18 Å². The van der Waals surface area contributed by atoms with Crippen molar-refractivity contribution in [2.24, 2.45) is 0 Å². The first-order valence-electron chi connectivity index (χ1n) is 4.21. The largest absolute Gasteiger partial charge is 0.461 e. The van der Waals surface area contributed by atoms with Gasteiger partial charge in [-0.3, -0.25) is 4.79 Å². The van der Waals surface area contributed by atoms with E-state index in [4.69, 9.17) is 11.6 Å². The molecule has 0 bridgehead atoms. The molecule has 0 aliphatic heterocycles. The SMILES string of the molecule is CCC(=O)c1cccc(Cl)c1OCF. The second kappa shape index (κ2) is 4.96. The van der Waals surface area contributed by atoms with Crippen molar-refractivity contribution in [2.45, 2.75) is 13.3 Å². The van der Waals surface area contributed by atoms with Gasteiger partial charge >= 0.3 is 0 Å². The van der Waals surface area contributed by atoms with Crippen LogP contribution in [0.15, 0.2) is 18.2 Å². The maximum atomic E-state index is 12.0. The predicted octanol–water partition coefficient (Wildman–Crippen LogP) is 3.24.